The van der Waals surface area contributed by atoms with Gasteiger partial charge in [-0.1, -0.05) is 13.8 Å². The largest absolute Gasteiger partial charge is 0.497 e. The predicted molar refractivity (Wildman–Crippen MR) is 123 cm³/mol. The number of amides is 1. The number of hydrogen-bond donors (Lipinski definition) is 2. The summed E-state index contributed by atoms with van der Waals surface area (Å²) in [6.45, 7) is 7.81. The number of fused-ring (bicyclic) bond motifs is 1. The smallest absolute Gasteiger partial charge is 0.262 e. The molecule has 2 aromatic carbocycles. The number of carbonyl (C=O) groups is 1. The number of nitrogens with two attached hydrogens (primary N) is 1. The predicted octanol–water partition coefficient (Wildman–Crippen LogP) is 3.50. The number of benzene rings is 2. The molecule has 0 aliphatic rings. The maximum atomic E-state index is 12.8. The zero-order chi connectivity index (χ0) is 23.6. The van der Waals surface area contributed by atoms with Crippen LogP contribution in [0.25, 0.3) is 22.3 Å². The maximum Gasteiger partial charge on any atom is 0.262 e. The zero-order valence-electron chi connectivity index (χ0n) is 19.3. The molecular weight excluding hydrogens is 410 g/mol. The minimum atomic E-state index is -0.641. The van der Waals surface area contributed by atoms with E-state index in [0.29, 0.717) is 41.3 Å². The van der Waals surface area contributed by atoms with Crippen LogP contribution in [0.4, 0.5) is 0 Å². The first kappa shape index (κ1) is 23.1. The third-order valence-electron chi connectivity index (χ3n) is 5.58. The van der Waals surface area contributed by atoms with E-state index >= 15 is 0 Å². The highest BCUT2D eigenvalue weighted by atomic mass is 16.5. The Morgan fingerprint density at radius 1 is 1.09 bits per heavy atom. The fourth-order valence-corrected chi connectivity index (χ4v) is 3.47. The SMILES string of the molecule is COc1cc(OC)c2c(=O)[nH]c(-c3cc(C)c(OCCC(C)(C)C(N)=O)c(C)c3)nc2c1. The van der Waals surface area contributed by atoms with Gasteiger partial charge in [0.1, 0.15) is 28.5 Å². The lowest BCUT2D eigenvalue weighted by molar-refractivity contribution is -0.126. The summed E-state index contributed by atoms with van der Waals surface area (Å²) in [5.41, 5.74) is 7.51. The summed E-state index contributed by atoms with van der Waals surface area (Å²) >= 11 is 0. The molecule has 3 N–H and O–H groups in total. The van der Waals surface area contributed by atoms with Gasteiger partial charge in [-0.15, -0.1) is 0 Å². The second-order valence-corrected chi connectivity index (χ2v) is 8.42. The van der Waals surface area contributed by atoms with Gasteiger partial charge < -0.3 is 24.9 Å². The molecule has 0 aliphatic heterocycles. The van der Waals surface area contributed by atoms with Crippen LogP contribution in [0, 0.1) is 19.3 Å². The van der Waals surface area contributed by atoms with Crippen molar-refractivity contribution in [2.45, 2.75) is 34.1 Å². The van der Waals surface area contributed by atoms with Crippen molar-refractivity contribution in [3.8, 4) is 28.6 Å². The monoisotopic (exact) mass is 439 g/mol. The number of ether oxygens (including phenoxy) is 3. The minimum Gasteiger partial charge on any atom is -0.497 e. The van der Waals surface area contributed by atoms with E-state index in [1.165, 1.54) is 7.11 Å². The van der Waals surface area contributed by atoms with Gasteiger partial charge in [-0.2, -0.15) is 0 Å². The van der Waals surface area contributed by atoms with Gasteiger partial charge in [0.25, 0.3) is 5.56 Å². The summed E-state index contributed by atoms with van der Waals surface area (Å²) in [7, 11) is 3.04. The number of primary amides is 1. The van der Waals surface area contributed by atoms with E-state index in [1.54, 1.807) is 33.1 Å². The second-order valence-electron chi connectivity index (χ2n) is 8.42. The quantitative estimate of drug-likeness (QED) is 0.555. The number of methoxy groups -OCH3 is 2. The molecule has 32 heavy (non-hydrogen) atoms. The third-order valence-corrected chi connectivity index (χ3v) is 5.58. The topological polar surface area (TPSA) is 117 Å². The molecule has 8 nitrogen and oxygen atoms in total. The molecule has 3 rings (SSSR count). The molecule has 0 unspecified atom stereocenters. The van der Waals surface area contributed by atoms with E-state index in [2.05, 4.69) is 9.97 Å². The summed E-state index contributed by atoms with van der Waals surface area (Å²) in [5, 5.41) is 0.363. The van der Waals surface area contributed by atoms with Gasteiger partial charge in [-0.05, 0) is 43.5 Å². The number of rotatable bonds is 8. The number of nitrogens with one attached hydrogen (secondary N) is 1. The first-order valence-corrected chi connectivity index (χ1v) is 10.3. The summed E-state index contributed by atoms with van der Waals surface area (Å²) in [4.78, 5) is 31.8. The average Bonchev–Trinajstić information content (AvgIpc) is 2.74. The van der Waals surface area contributed by atoms with Gasteiger partial charge in [-0.3, -0.25) is 9.59 Å². The molecular formula is C24H29N3O5. The molecule has 3 aromatic rings. The Balaban J connectivity index is 1.97. The van der Waals surface area contributed by atoms with Crippen molar-refractivity contribution in [2.75, 3.05) is 20.8 Å². The normalized spacial score (nSPS) is 11.4. The fourth-order valence-electron chi connectivity index (χ4n) is 3.47. The van der Waals surface area contributed by atoms with Gasteiger partial charge in [0.05, 0.1) is 26.3 Å². The fraction of sp³-hybridized carbons (Fsp3) is 0.375. The van der Waals surface area contributed by atoms with Crippen LogP contribution in [0.3, 0.4) is 0 Å². The summed E-state index contributed by atoms with van der Waals surface area (Å²) < 4.78 is 16.6. The van der Waals surface area contributed by atoms with Crippen LogP contribution in [0.5, 0.6) is 17.2 Å². The molecule has 1 aromatic heterocycles. The first-order valence-electron chi connectivity index (χ1n) is 10.3. The molecule has 170 valence electrons. The van der Waals surface area contributed by atoms with Crippen molar-refractivity contribution >= 4 is 16.8 Å². The van der Waals surface area contributed by atoms with Gasteiger partial charge in [-0.25, -0.2) is 4.98 Å². The maximum absolute atomic E-state index is 12.8. The molecule has 0 saturated carbocycles. The van der Waals surface area contributed by atoms with E-state index in [-0.39, 0.29) is 11.5 Å². The molecule has 0 aliphatic carbocycles. The van der Waals surface area contributed by atoms with E-state index in [0.717, 1.165) is 22.4 Å². The molecule has 1 amide bonds. The molecule has 0 atom stereocenters. The lowest BCUT2D eigenvalue weighted by atomic mass is 9.89. The first-order chi connectivity index (χ1) is 15.1. The summed E-state index contributed by atoms with van der Waals surface area (Å²) in [6.07, 6.45) is 0.506. The Bertz CT molecular complexity index is 1210. The molecule has 0 saturated heterocycles. The molecule has 0 fully saturated rings. The van der Waals surface area contributed by atoms with E-state index in [9.17, 15) is 9.59 Å². The van der Waals surface area contributed by atoms with Crippen LogP contribution in [-0.4, -0.2) is 36.7 Å². The van der Waals surface area contributed by atoms with E-state index in [1.807, 2.05) is 26.0 Å². The number of aromatic nitrogens is 2. The summed E-state index contributed by atoms with van der Waals surface area (Å²) in [5.74, 6) is 1.76. The molecule has 1 heterocycles. The summed E-state index contributed by atoms with van der Waals surface area (Å²) in [6, 6.07) is 7.17. The Morgan fingerprint density at radius 2 is 1.75 bits per heavy atom. The zero-order valence-corrected chi connectivity index (χ0v) is 19.3. The van der Waals surface area contributed by atoms with Crippen LogP contribution in [0.1, 0.15) is 31.4 Å². The van der Waals surface area contributed by atoms with Crippen molar-refractivity contribution < 1.29 is 19.0 Å². The Labute approximate surface area is 186 Å². The number of hydrogen-bond acceptors (Lipinski definition) is 6. The Kier molecular flexibility index (Phi) is 6.43. The average molecular weight is 440 g/mol. The molecule has 0 radical (unpaired) electrons. The minimum absolute atomic E-state index is 0.297. The number of nitrogens with zero attached hydrogens (tertiary/aromatic N) is 1. The molecule has 8 heteroatoms. The Morgan fingerprint density at radius 3 is 2.31 bits per heavy atom. The lowest BCUT2D eigenvalue weighted by Gasteiger charge is -2.21. The van der Waals surface area contributed by atoms with E-state index in [4.69, 9.17) is 19.9 Å². The number of carbonyl (C=O) groups excluding carboxylic acids is 1. The third kappa shape index (κ3) is 4.54. The van der Waals surface area contributed by atoms with Gasteiger partial charge in [0.2, 0.25) is 5.91 Å². The van der Waals surface area contributed by atoms with Crippen LogP contribution in [-0.2, 0) is 4.79 Å². The highest BCUT2D eigenvalue weighted by Gasteiger charge is 2.25. The van der Waals surface area contributed by atoms with Crippen molar-refractivity contribution in [3.05, 3.63) is 45.7 Å². The second kappa shape index (κ2) is 8.90. The molecule has 0 spiro atoms. The van der Waals surface area contributed by atoms with Crippen molar-refractivity contribution in [3.63, 3.8) is 0 Å². The van der Waals surface area contributed by atoms with Crippen LogP contribution >= 0.6 is 0 Å². The van der Waals surface area contributed by atoms with Crippen LogP contribution < -0.4 is 25.5 Å². The highest BCUT2D eigenvalue weighted by Crippen LogP contribution is 2.32. The lowest BCUT2D eigenvalue weighted by Crippen LogP contribution is -2.32. The van der Waals surface area contributed by atoms with Gasteiger partial charge in [0, 0.05) is 23.1 Å². The van der Waals surface area contributed by atoms with Crippen LogP contribution in [0.15, 0.2) is 29.1 Å². The Hall–Kier alpha value is -3.55. The van der Waals surface area contributed by atoms with Gasteiger partial charge >= 0.3 is 0 Å². The van der Waals surface area contributed by atoms with Crippen molar-refractivity contribution in [2.24, 2.45) is 11.1 Å². The standard InChI is InChI=1S/C24H29N3O5/c1-13-9-15(10-14(2)20(13)32-8-7-24(3,4)23(25)29)21-26-17-11-16(30-5)12-18(31-6)19(17)22(28)27-21/h9-12H,7-8H2,1-6H3,(H2,25,29)(H,26,27,28). The van der Waals surface area contributed by atoms with Crippen LogP contribution in [0.2, 0.25) is 0 Å². The number of aromatic amines is 1. The molecule has 0 bridgehead atoms. The van der Waals surface area contributed by atoms with Crippen molar-refractivity contribution in [1.29, 1.82) is 0 Å². The van der Waals surface area contributed by atoms with E-state index < -0.39 is 5.41 Å². The highest BCUT2D eigenvalue weighted by molar-refractivity contribution is 5.87. The van der Waals surface area contributed by atoms with Crippen molar-refractivity contribution in [1.82, 2.24) is 9.97 Å². The number of aryl methyl sites for hydroxylation is 2. The number of H-pyrrole nitrogens is 1. The van der Waals surface area contributed by atoms with Gasteiger partial charge in [0.15, 0.2) is 0 Å².